The van der Waals surface area contributed by atoms with Crippen molar-refractivity contribution in [2.75, 3.05) is 33.5 Å². The molecule has 0 aliphatic heterocycles. The Labute approximate surface area is 94.1 Å². The van der Waals surface area contributed by atoms with Crippen LogP contribution in [0.3, 0.4) is 0 Å². The molecule has 0 saturated heterocycles. The Morgan fingerprint density at radius 2 is 1.73 bits per heavy atom. The number of hydrogen-bond donors (Lipinski definition) is 0. The maximum atomic E-state index is 5.46. The second-order valence-corrected chi connectivity index (χ2v) is 4.29. The third-order valence-electron chi connectivity index (χ3n) is 2.10. The summed E-state index contributed by atoms with van der Waals surface area (Å²) in [5, 5.41) is 0. The minimum Gasteiger partial charge on any atom is -0.382 e. The average Bonchev–Trinajstić information content (AvgIpc) is 2.16. The van der Waals surface area contributed by atoms with E-state index in [1.165, 1.54) is 6.42 Å². The molecule has 3 nitrogen and oxygen atoms in total. The van der Waals surface area contributed by atoms with E-state index in [0.29, 0.717) is 19.8 Å². The molecule has 1 unspecified atom stereocenters. The van der Waals surface area contributed by atoms with E-state index in [9.17, 15) is 0 Å². The molecule has 92 valence electrons. The lowest BCUT2D eigenvalue weighted by atomic mass is 10.1. The molecule has 0 aromatic heterocycles. The fraction of sp³-hybridized carbons (Fsp3) is 1.00. The number of hydrogen-bond acceptors (Lipinski definition) is 3. The highest BCUT2D eigenvalue weighted by atomic mass is 16.5. The van der Waals surface area contributed by atoms with Crippen molar-refractivity contribution < 1.29 is 14.2 Å². The van der Waals surface area contributed by atoms with Gasteiger partial charge in [-0.3, -0.25) is 0 Å². The molecule has 0 bridgehead atoms. The summed E-state index contributed by atoms with van der Waals surface area (Å²) < 4.78 is 15.9. The van der Waals surface area contributed by atoms with Crippen LogP contribution in [0.2, 0.25) is 0 Å². The molecule has 3 heteroatoms. The van der Waals surface area contributed by atoms with Gasteiger partial charge in [0.05, 0.1) is 25.9 Å². The molecule has 0 saturated carbocycles. The average molecular weight is 218 g/mol. The topological polar surface area (TPSA) is 27.7 Å². The fourth-order valence-electron chi connectivity index (χ4n) is 1.29. The lowest BCUT2D eigenvalue weighted by Gasteiger charge is -2.12. The highest BCUT2D eigenvalue weighted by molar-refractivity contribution is 4.47. The van der Waals surface area contributed by atoms with Gasteiger partial charge in [0.15, 0.2) is 0 Å². The van der Waals surface area contributed by atoms with Crippen molar-refractivity contribution in [2.24, 2.45) is 5.92 Å². The monoisotopic (exact) mass is 218 g/mol. The Morgan fingerprint density at radius 3 is 2.33 bits per heavy atom. The SMILES string of the molecule is COCC(C)OCCOCCCC(C)C. The highest BCUT2D eigenvalue weighted by Crippen LogP contribution is 2.02. The van der Waals surface area contributed by atoms with E-state index in [1.54, 1.807) is 7.11 Å². The molecule has 1 atom stereocenters. The normalized spacial score (nSPS) is 13.4. The van der Waals surface area contributed by atoms with Gasteiger partial charge >= 0.3 is 0 Å². The molecular formula is C12H26O3. The van der Waals surface area contributed by atoms with Gasteiger partial charge in [-0.25, -0.2) is 0 Å². The third kappa shape index (κ3) is 11.8. The van der Waals surface area contributed by atoms with E-state index in [2.05, 4.69) is 13.8 Å². The van der Waals surface area contributed by atoms with Gasteiger partial charge in [0.25, 0.3) is 0 Å². The molecule has 0 spiro atoms. The molecule has 0 N–H and O–H groups in total. The van der Waals surface area contributed by atoms with Crippen LogP contribution in [-0.4, -0.2) is 39.6 Å². The van der Waals surface area contributed by atoms with E-state index in [4.69, 9.17) is 14.2 Å². The zero-order chi connectivity index (χ0) is 11.5. The molecule has 0 aromatic carbocycles. The van der Waals surface area contributed by atoms with Gasteiger partial charge in [-0.15, -0.1) is 0 Å². The zero-order valence-corrected chi connectivity index (χ0v) is 10.6. The Morgan fingerprint density at radius 1 is 1.00 bits per heavy atom. The minimum absolute atomic E-state index is 0.161. The van der Waals surface area contributed by atoms with Gasteiger partial charge < -0.3 is 14.2 Å². The number of rotatable bonds is 10. The van der Waals surface area contributed by atoms with Crippen LogP contribution >= 0.6 is 0 Å². The molecule has 0 heterocycles. The maximum absolute atomic E-state index is 5.46. The molecule has 0 aliphatic rings. The van der Waals surface area contributed by atoms with Crippen molar-refractivity contribution in [3.63, 3.8) is 0 Å². The van der Waals surface area contributed by atoms with Gasteiger partial charge in [0.1, 0.15) is 0 Å². The molecular weight excluding hydrogens is 192 g/mol. The first-order chi connectivity index (χ1) is 7.16. The number of ether oxygens (including phenoxy) is 3. The van der Waals surface area contributed by atoms with Gasteiger partial charge in [0.2, 0.25) is 0 Å². The Hall–Kier alpha value is -0.120. The van der Waals surface area contributed by atoms with Crippen molar-refractivity contribution in [2.45, 2.75) is 39.7 Å². The van der Waals surface area contributed by atoms with Gasteiger partial charge in [0, 0.05) is 13.7 Å². The fourth-order valence-corrected chi connectivity index (χ4v) is 1.29. The van der Waals surface area contributed by atoms with E-state index in [1.807, 2.05) is 6.92 Å². The molecule has 0 radical (unpaired) electrons. The van der Waals surface area contributed by atoms with E-state index in [-0.39, 0.29) is 6.10 Å². The number of methoxy groups -OCH3 is 1. The highest BCUT2D eigenvalue weighted by Gasteiger charge is 2.00. The van der Waals surface area contributed by atoms with Crippen molar-refractivity contribution in [3.05, 3.63) is 0 Å². The molecule has 0 fully saturated rings. The van der Waals surface area contributed by atoms with Crippen LogP contribution in [-0.2, 0) is 14.2 Å². The van der Waals surface area contributed by atoms with Crippen LogP contribution in [0.4, 0.5) is 0 Å². The smallest absolute Gasteiger partial charge is 0.0781 e. The van der Waals surface area contributed by atoms with Crippen molar-refractivity contribution in [3.8, 4) is 0 Å². The summed E-state index contributed by atoms with van der Waals surface area (Å²) in [4.78, 5) is 0. The lowest BCUT2D eigenvalue weighted by molar-refractivity contribution is -0.0202. The van der Waals surface area contributed by atoms with Gasteiger partial charge in [-0.05, 0) is 25.7 Å². The Bertz CT molecular complexity index is 126. The van der Waals surface area contributed by atoms with Crippen LogP contribution in [0.25, 0.3) is 0 Å². The second-order valence-electron chi connectivity index (χ2n) is 4.29. The van der Waals surface area contributed by atoms with Gasteiger partial charge in [-0.2, -0.15) is 0 Å². The van der Waals surface area contributed by atoms with Crippen molar-refractivity contribution in [1.29, 1.82) is 0 Å². The third-order valence-corrected chi connectivity index (χ3v) is 2.10. The molecule has 0 aliphatic carbocycles. The molecule has 0 aromatic rings. The summed E-state index contributed by atoms with van der Waals surface area (Å²) in [7, 11) is 1.68. The first-order valence-corrected chi connectivity index (χ1v) is 5.85. The first kappa shape index (κ1) is 14.9. The van der Waals surface area contributed by atoms with Crippen LogP contribution in [0.1, 0.15) is 33.6 Å². The summed E-state index contributed by atoms with van der Waals surface area (Å²) in [6.45, 7) is 9.30. The maximum Gasteiger partial charge on any atom is 0.0781 e. The summed E-state index contributed by atoms with van der Waals surface area (Å²) in [5.74, 6) is 0.770. The Kier molecular flexibility index (Phi) is 10.3. The summed E-state index contributed by atoms with van der Waals surface area (Å²) in [6.07, 6.45) is 2.54. The second kappa shape index (κ2) is 10.4. The lowest BCUT2D eigenvalue weighted by Crippen LogP contribution is -2.17. The van der Waals surface area contributed by atoms with Crippen molar-refractivity contribution in [1.82, 2.24) is 0 Å². The van der Waals surface area contributed by atoms with Crippen molar-refractivity contribution >= 4 is 0 Å². The summed E-state index contributed by atoms with van der Waals surface area (Å²) in [6, 6.07) is 0. The molecule has 15 heavy (non-hydrogen) atoms. The summed E-state index contributed by atoms with van der Waals surface area (Å²) >= 11 is 0. The summed E-state index contributed by atoms with van der Waals surface area (Å²) in [5.41, 5.74) is 0. The quantitative estimate of drug-likeness (QED) is 0.527. The zero-order valence-electron chi connectivity index (χ0n) is 10.6. The predicted molar refractivity (Wildman–Crippen MR) is 62.2 cm³/mol. The molecule has 0 rings (SSSR count). The standard InChI is InChI=1S/C12H26O3/c1-11(2)6-5-7-14-8-9-15-12(3)10-13-4/h11-12H,5-10H2,1-4H3. The van der Waals surface area contributed by atoms with E-state index in [0.717, 1.165) is 18.9 Å². The minimum atomic E-state index is 0.161. The van der Waals surface area contributed by atoms with Crippen LogP contribution in [0.5, 0.6) is 0 Å². The van der Waals surface area contributed by atoms with Crippen LogP contribution in [0, 0.1) is 5.92 Å². The van der Waals surface area contributed by atoms with E-state index < -0.39 is 0 Å². The first-order valence-electron chi connectivity index (χ1n) is 5.85. The van der Waals surface area contributed by atoms with Crippen LogP contribution < -0.4 is 0 Å². The predicted octanol–water partition coefficient (Wildman–Crippen LogP) is 2.49. The Balaban J connectivity index is 3.04. The largest absolute Gasteiger partial charge is 0.382 e. The molecule has 0 amide bonds. The van der Waals surface area contributed by atoms with Crippen LogP contribution in [0.15, 0.2) is 0 Å². The van der Waals surface area contributed by atoms with E-state index >= 15 is 0 Å². The van der Waals surface area contributed by atoms with Gasteiger partial charge in [-0.1, -0.05) is 13.8 Å².